The van der Waals surface area contributed by atoms with Crippen molar-refractivity contribution in [2.75, 3.05) is 19.8 Å². The molecule has 2 atom stereocenters. The number of likely N-dealkylation sites (tertiary alicyclic amines) is 1. The van der Waals surface area contributed by atoms with E-state index in [4.69, 9.17) is 14.5 Å². The van der Waals surface area contributed by atoms with Gasteiger partial charge in [-0.2, -0.15) is 0 Å². The molecule has 28 heavy (non-hydrogen) atoms. The Morgan fingerprint density at radius 3 is 2.86 bits per heavy atom. The lowest BCUT2D eigenvalue weighted by atomic mass is 10.0. The van der Waals surface area contributed by atoms with E-state index in [2.05, 4.69) is 28.9 Å². The van der Waals surface area contributed by atoms with Gasteiger partial charge in [0.15, 0.2) is 11.5 Å². The highest BCUT2D eigenvalue weighted by molar-refractivity contribution is 5.77. The number of para-hydroxylation sites is 1. The zero-order valence-electron chi connectivity index (χ0n) is 15.9. The second kappa shape index (κ2) is 6.95. The van der Waals surface area contributed by atoms with Crippen molar-refractivity contribution in [3.63, 3.8) is 0 Å². The van der Waals surface area contributed by atoms with Gasteiger partial charge in [-0.05, 0) is 56.1 Å². The quantitative estimate of drug-likeness (QED) is 0.755. The number of ether oxygens (including phenoxy) is 2. The summed E-state index contributed by atoms with van der Waals surface area (Å²) < 4.78 is 11.4. The zero-order valence-corrected chi connectivity index (χ0v) is 15.9. The Morgan fingerprint density at radius 2 is 1.96 bits per heavy atom. The van der Waals surface area contributed by atoms with Gasteiger partial charge in [0, 0.05) is 6.04 Å². The van der Waals surface area contributed by atoms with Crippen molar-refractivity contribution >= 4 is 10.9 Å². The maximum absolute atomic E-state index is 12.5. The van der Waals surface area contributed by atoms with Gasteiger partial charge in [0.05, 0.1) is 16.9 Å². The van der Waals surface area contributed by atoms with E-state index in [0.29, 0.717) is 24.4 Å². The van der Waals surface area contributed by atoms with Crippen molar-refractivity contribution in [3.8, 4) is 11.5 Å². The average Bonchev–Trinajstić information content (AvgIpc) is 3.22. The molecule has 0 aliphatic carbocycles. The number of aromatic nitrogens is 2. The summed E-state index contributed by atoms with van der Waals surface area (Å²) in [4.78, 5) is 22.6. The summed E-state index contributed by atoms with van der Waals surface area (Å²) in [7, 11) is 0. The van der Waals surface area contributed by atoms with Gasteiger partial charge in [0.1, 0.15) is 19.0 Å². The van der Waals surface area contributed by atoms with Crippen LogP contribution >= 0.6 is 0 Å². The van der Waals surface area contributed by atoms with Crippen LogP contribution in [-0.2, 0) is 0 Å². The Bertz CT molecular complexity index is 1080. The van der Waals surface area contributed by atoms with Gasteiger partial charge in [0.2, 0.25) is 0 Å². The minimum absolute atomic E-state index is 0.0120. The van der Waals surface area contributed by atoms with Gasteiger partial charge >= 0.3 is 0 Å². The third kappa shape index (κ3) is 2.94. The number of nitrogens with zero attached hydrogens (tertiary/aromatic N) is 2. The van der Waals surface area contributed by atoms with E-state index in [-0.39, 0.29) is 17.6 Å². The third-order valence-corrected chi connectivity index (χ3v) is 5.77. The van der Waals surface area contributed by atoms with E-state index in [1.807, 2.05) is 30.3 Å². The molecular formula is C22H23N3O3. The lowest BCUT2D eigenvalue weighted by Gasteiger charge is -2.31. The van der Waals surface area contributed by atoms with Crippen LogP contribution in [0, 0.1) is 0 Å². The van der Waals surface area contributed by atoms with Crippen LogP contribution in [0.3, 0.4) is 0 Å². The first-order chi connectivity index (χ1) is 13.7. The fourth-order valence-corrected chi connectivity index (χ4v) is 4.34. The van der Waals surface area contributed by atoms with Crippen LogP contribution in [0.2, 0.25) is 0 Å². The largest absolute Gasteiger partial charge is 0.486 e. The SMILES string of the molecule is CC(c1nc2ccccc2c(=O)[nH]1)N1CCCC1c1ccc2c(c1)OCCO2. The number of hydrogen-bond acceptors (Lipinski definition) is 5. The second-order valence-corrected chi connectivity index (χ2v) is 7.44. The van der Waals surface area contributed by atoms with Crippen LogP contribution in [-0.4, -0.2) is 34.6 Å². The maximum atomic E-state index is 12.5. The minimum atomic E-state index is -0.0810. The number of fused-ring (bicyclic) bond motifs is 2. The molecule has 1 N–H and O–H groups in total. The highest BCUT2D eigenvalue weighted by atomic mass is 16.6. The van der Waals surface area contributed by atoms with Crippen LogP contribution < -0.4 is 15.0 Å². The molecule has 0 amide bonds. The van der Waals surface area contributed by atoms with Crippen LogP contribution in [0.1, 0.15) is 43.2 Å². The Kier molecular flexibility index (Phi) is 4.28. The average molecular weight is 377 g/mol. The van der Waals surface area contributed by atoms with Crippen molar-refractivity contribution in [3.05, 3.63) is 64.2 Å². The van der Waals surface area contributed by atoms with Gasteiger partial charge < -0.3 is 14.5 Å². The molecule has 6 nitrogen and oxygen atoms in total. The smallest absolute Gasteiger partial charge is 0.258 e. The van der Waals surface area contributed by atoms with Crippen molar-refractivity contribution in [1.29, 1.82) is 0 Å². The molecule has 0 saturated carbocycles. The van der Waals surface area contributed by atoms with Crippen LogP contribution in [0.15, 0.2) is 47.3 Å². The van der Waals surface area contributed by atoms with Gasteiger partial charge in [-0.15, -0.1) is 0 Å². The van der Waals surface area contributed by atoms with Gasteiger partial charge in [-0.25, -0.2) is 4.98 Å². The summed E-state index contributed by atoms with van der Waals surface area (Å²) in [6.45, 7) is 4.27. The lowest BCUT2D eigenvalue weighted by Crippen LogP contribution is -2.29. The maximum Gasteiger partial charge on any atom is 0.258 e. The van der Waals surface area contributed by atoms with Gasteiger partial charge in [0.25, 0.3) is 5.56 Å². The summed E-state index contributed by atoms with van der Waals surface area (Å²) in [5.41, 5.74) is 1.88. The molecule has 0 radical (unpaired) electrons. The molecule has 6 heteroatoms. The summed E-state index contributed by atoms with van der Waals surface area (Å²) in [6, 6.07) is 14.0. The molecule has 3 aromatic rings. The fourth-order valence-electron chi connectivity index (χ4n) is 4.34. The van der Waals surface area contributed by atoms with E-state index in [0.717, 1.165) is 36.4 Å². The van der Waals surface area contributed by atoms with Gasteiger partial charge in [-0.1, -0.05) is 18.2 Å². The summed E-state index contributed by atoms with van der Waals surface area (Å²) in [5, 5.41) is 0.628. The third-order valence-electron chi connectivity index (χ3n) is 5.77. The normalized spacial score (nSPS) is 20.4. The van der Waals surface area contributed by atoms with Crippen molar-refractivity contribution < 1.29 is 9.47 Å². The van der Waals surface area contributed by atoms with Gasteiger partial charge in [-0.3, -0.25) is 9.69 Å². The molecule has 2 aliphatic heterocycles. The summed E-state index contributed by atoms with van der Waals surface area (Å²) >= 11 is 0. The Balaban J connectivity index is 1.47. The number of aromatic amines is 1. The van der Waals surface area contributed by atoms with Crippen LogP contribution in [0.5, 0.6) is 11.5 Å². The van der Waals surface area contributed by atoms with Crippen LogP contribution in [0.25, 0.3) is 10.9 Å². The first-order valence-electron chi connectivity index (χ1n) is 9.85. The molecule has 2 unspecified atom stereocenters. The van der Waals surface area contributed by atoms with E-state index >= 15 is 0 Å². The summed E-state index contributed by atoms with van der Waals surface area (Å²) in [5.74, 6) is 2.35. The van der Waals surface area contributed by atoms with E-state index < -0.39 is 0 Å². The minimum Gasteiger partial charge on any atom is -0.486 e. The number of nitrogens with one attached hydrogen (secondary N) is 1. The number of H-pyrrole nitrogens is 1. The number of rotatable bonds is 3. The van der Waals surface area contributed by atoms with Crippen molar-refractivity contribution in [2.24, 2.45) is 0 Å². The molecule has 2 aromatic carbocycles. The second-order valence-electron chi connectivity index (χ2n) is 7.44. The van der Waals surface area contributed by atoms with E-state index in [1.54, 1.807) is 0 Å². The predicted octanol–water partition coefficient (Wildman–Crippen LogP) is 3.59. The highest BCUT2D eigenvalue weighted by Gasteiger charge is 2.32. The van der Waals surface area contributed by atoms with E-state index in [9.17, 15) is 4.79 Å². The topological polar surface area (TPSA) is 67.5 Å². The molecular weight excluding hydrogens is 354 g/mol. The first kappa shape index (κ1) is 17.3. The molecule has 1 fully saturated rings. The highest BCUT2D eigenvalue weighted by Crippen LogP contribution is 2.41. The lowest BCUT2D eigenvalue weighted by molar-refractivity contribution is 0.168. The van der Waals surface area contributed by atoms with E-state index in [1.165, 1.54) is 5.56 Å². The molecule has 0 bridgehead atoms. The molecule has 5 rings (SSSR count). The monoisotopic (exact) mass is 377 g/mol. The molecule has 0 spiro atoms. The van der Waals surface area contributed by atoms with Crippen molar-refractivity contribution in [1.82, 2.24) is 14.9 Å². The molecule has 144 valence electrons. The Morgan fingerprint density at radius 1 is 1.14 bits per heavy atom. The van der Waals surface area contributed by atoms with Crippen molar-refractivity contribution in [2.45, 2.75) is 31.8 Å². The standard InChI is InChI=1S/C22H23N3O3/c1-14(21-23-17-6-3-2-5-16(17)22(26)24-21)25-10-4-7-18(25)15-8-9-19-20(13-15)28-12-11-27-19/h2-3,5-6,8-9,13-14,18H,4,7,10-12H2,1H3,(H,23,24,26). The fraction of sp³-hybridized carbons (Fsp3) is 0.364. The summed E-state index contributed by atoms with van der Waals surface area (Å²) in [6.07, 6.45) is 2.18. The molecule has 2 aliphatic rings. The Hall–Kier alpha value is -2.86. The first-order valence-corrected chi connectivity index (χ1v) is 9.85. The Labute approximate surface area is 163 Å². The zero-order chi connectivity index (χ0) is 19.1. The molecule has 1 aromatic heterocycles. The molecule has 1 saturated heterocycles. The number of hydrogen-bond donors (Lipinski definition) is 1. The molecule has 3 heterocycles. The number of benzene rings is 2. The predicted molar refractivity (Wildman–Crippen MR) is 107 cm³/mol. The van der Waals surface area contributed by atoms with Crippen LogP contribution in [0.4, 0.5) is 0 Å².